The number of hydrogen-bond donors (Lipinski definition) is 1. The molecule has 0 saturated heterocycles. The maximum Gasteiger partial charge on any atom is 0.134 e. The van der Waals surface area contributed by atoms with Crippen LogP contribution in [0.5, 0.6) is 0 Å². The topological polar surface area (TPSA) is 48.4 Å². The van der Waals surface area contributed by atoms with Gasteiger partial charge in [-0.1, -0.05) is 12.1 Å². The van der Waals surface area contributed by atoms with Crippen molar-refractivity contribution in [2.75, 3.05) is 0 Å². The molecule has 0 aliphatic carbocycles. The summed E-state index contributed by atoms with van der Waals surface area (Å²) in [6.45, 7) is 4.42. The van der Waals surface area contributed by atoms with Gasteiger partial charge < -0.3 is 4.42 Å². The Hall–Kier alpha value is -1.32. The summed E-state index contributed by atoms with van der Waals surface area (Å²) < 4.78 is 5.59. The molecule has 0 amide bonds. The first kappa shape index (κ1) is 9.24. The first-order valence-corrected chi connectivity index (χ1v) is 4.53. The van der Waals surface area contributed by atoms with Crippen LogP contribution in [-0.2, 0) is 11.4 Å². The molecule has 0 aliphatic heterocycles. The zero-order valence-electron chi connectivity index (χ0n) is 8.33. The molecule has 2 N–H and O–H groups in total. The van der Waals surface area contributed by atoms with Crippen LogP contribution in [0.15, 0.2) is 22.6 Å². The number of rotatable bonds is 2. The van der Waals surface area contributed by atoms with E-state index in [1.54, 1.807) is 0 Å². The summed E-state index contributed by atoms with van der Waals surface area (Å²) in [5.74, 6) is 6.03. The standard InChI is InChI=1S/C11H13NO2/c1-7-8(2)14-10-5-3-4-9(6-13-12)11(7)10/h3-5H,6,12H2,1-2H3. The average Bonchev–Trinajstić information content (AvgIpc) is 2.45. The van der Waals surface area contributed by atoms with Gasteiger partial charge in [-0.05, 0) is 31.0 Å². The van der Waals surface area contributed by atoms with E-state index >= 15 is 0 Å². The molecule has 0 atom stereocenters. The lowest BCUT2D eigenvalue weighted by Gasteiger charge is -2.00. The molecular weight excluding hydrogens is 178 g/mol. The van der Waals surface area contributed by atoms with E-state index in [2.05, 4.69) is 4.84 Å². The van der Waals surface area contributed by atoms with Crippen molar-refractivity contribution in [2.24, 2.45) is 5.90 Å². The molecule has 0 aliphatic rings. The molecule has 3 nitrogen and oxygen atoms in total. The Balaban J connectivity index is 2.71. The van der Waals surface area contributed by atoms with Gasteiger partial charge in [0.25, 0.3) is 0 Å². The Labute approximate surface area is 82.4 Å². The largest absolute Gasteiger partial charge is 0.461 e. The highest BCUT2D eigenvalue weighted by Crippen LogP contribution is 2.27. The van der Waals surface area contributed by atoms with Crippen molar-refractivity contribution >= 4 is 11.0 Å². The van der Waals surface area contributed by atoms with Crippen molar-refractivity contribution < 1.29 is 9.25 Å². The summed E-state index contributed by atoms with van der Waals surface area (Å²) in [5.41, 5.74) is 3.13. The second-order valence-corrected chi connectivity index (χ2v) is 3.38. The van der Waals surface area contributed by atoms with Crippen molar-refractivity contribution in [1.82, 2.24) is 0 Å². The van der Waals surface area contributed by atoms with Crippen LogP contribution in [0.1, 0.15) is 16.9 Å². The quantitative estimate of drug-likeness (QED) is 0.741. The Morgan fingerprint density at radius 1 is 1.36 bits per heavy atom. The molecular formula is C11H13NO2. The molecule has 2 aromatic rings. The van der Waals surface area contributed by atoms with Gasteiger partial charge in [0.2, 0.25) is 0 Å². The second-order valence-electron chi connectivity index (χ2n) is 3.38. The third kappa shape index (κ3) is 1.31. The summed E-state index contributed by atoms with van der Waals surface area (Å²) >= 11 is 0. The van der Waals surface area contributed by atoms with Crippen molar-refractivity contribution in [3.63, 3.8) is 0 Å². The van der Waals surface area contributed by atoms with Gasteiger partial charge in [0.05, 0.1) is 6.61 Å². The fourth-order valence-corrected chi connectivity index (χ4v) is 1.71. The Bertz CT molecular complexity index is 460. The molecule has 0 unspecified atom stereocenters. The van der Waals surface area contributed by atoms with E-state index in [-0.39, 0.29) is 0 Å². The van der Waals surface area contributed by atoms with Gasteiger partial charge in [0.1, 0.15) is 11.3 Å². The molecule has 1 aromatic carbocycles. The predicted molar refractivity (Wildman–Crippen MR) is 54.7 cm³/mol. The predicted octanol–water partition coefficient (Wildman–Crippen LogP) is 2.44. The van der Waals surface area contributed by atoms with Crippen molar-refractivity contribution in [3.05, 3.63) is 35.1 Å². The van der Waals surface area contributed by atoms with Gasteiger partial charge in [-0.25, -0.2) is 5.90 Å². The number of hydrogen-bond acceptors (Lipinski definition) is 3. The minimum Gasteiger partial charge on any atom is -0.461 e. The molecule has 1 aromatic heterocycles. The summed E-state index contributed by atoms with van der Waals surface area (Å²) in [4.78, 5) is 4.66. The molecule has 14 heavy (non-hydrogen) atoms. The van der Waals surface area contributed by atoms with Gasteiger partial charge in [0, 0.05) is 5.39 Å². The number of benzene rings is 1. The van der Waals surface area contributed by atoms with Crippen LogP contribution < -0.4 is 5.90 Å². The van der Waals surface area contributed by atoms with Crippen LogP contribution in [0, 0.1) is 13.8 Å². The molecule has 0 spiro atoms. The molecule has 0 saturated carbocycles. The maximum atomic E-state index is 5.59. The monoisotopic (exact) mass is 191 g/mol. The first-order valence-electron chi connectivity index (χ1n) is 4.53. The van der Waals surface area contributed by atoms with Crippen LogP contribution in [0.2, 0.25) is 0 Å². The highest BCUT2D eigenvalue weighted by molar-refractivity contribution is 5.85. The van der Waals surface area contributed by atoms with Crippen LogP contribution in [0.4, 0.5) is 0 Å². The zero-order valence-corrected chi connectivity index (χ0v) is 8.33. The molecule has 1 heterocycles. The lowest BCUT2D eigenvalue weighted by molar-refractivity contribution is 0.125. The smallest absolute Gasteiger partial charge is 0.134 e. The third-order valence-corrected chi connectivity index (χ3v) is 2.52. The van der Waals surface area contributed by atoms with E-state index in [4.69, 9.17) is 10.3 Å². The lowest BCUT2D eigenvalue weighted by atomic mass is 10.1. The van der Waals surface area contributed by atoms with Crippen molar-refractivity contribution in [2.45, 2.75) is 20.5 Å². The SMILES string of the molecule is Cc1oc2cccc(CON)c2c1C. The van der Waals surface area contributed by atoms with Gasteiger partial charge in [0.15, 0.2) is 0 Å². The lowest BCUT2D eigenvalue weighted by Crippen LogP contribution is -1.99. The molecule has 74 valence electrons. The zero-order chi connectivity index (χ0) is 10.1. The Kier molecular flexibility index (Phi) is 2.27. The number of nitrogens with two attached hydrogens (primary N) is 1. The first-order chi connectivity index (χ1) is 6.74. The maximum absolute atomic E-state index is 5.59. The van der Waals surface area contributed by atoms with E-state index in [0.29, 0.717) is 6.61 Å². The second kappa shape index (κ2) is 3.44. The molecule has 0 fully saturated rings. The summed E-state index contributed by atoms with van der Waals surface area (Å²) in [6, 6.07) is 5.89. The highest BCUT2D eigenvalue weighted by Gasteiger charge is 2.10. The molecule has 2 rings (SSSR count). The van der Waals surface area contributed by atoms with Crippen LogP contribution in [0.25, 0.3) is 11.0 Å². The summed E-state index contributed by atoms with van der Waals surface area (Å²) in [6.07, 6.45) is 0. The molecule has 0 bridgehead atoms. The van der Waals surface area contributed by atoms with Crippen molar-refractivity contribution in [3.8, 4) is 0 Å². The van der Waals surface area contributed by atoms with Crippen LogP contribution in [-0.4, -0.2) is 0 Å². The van der Waals surface area contributed by atoms with Gasteiger partial charge >= 0.3 is 0 Å². The Morgan fingerprint density at radius 3 is 2.86 bits per heavy atom. The number of fused-ring (bicyclic) bond motifs is 1. The summed E-state index contributed by atoms with van der Waals surface area (Å²) in [5, 5.41) is 1.12. The van der Waals surface area contributed by atoms with Gasteiger partial charge in [-0.15, -0.1) is 0 Å². The fourth-order valence-electron chi connectivity index (χ4n) is 1.71. The van der Waals surface area contributed by atoms with E-state index in [1.807, 2.05) is 32.0 Å². The molecule has 3 heteroatoms. The Morgan fingerprint density at radius 2 is 2.14 bits per heavy atom. The number of aryl methyl sites for hydroxylation is 2. The average molecular weight is 191 g/mol. The third-order valence-electron chi connectivity index (χ3n) is 2.52. The minimum absolute atomic E-state index is 0.414. The van der Waals surface area contributed by atoms with E-state index < -0.39 is 0 Å². The minimum atomic E-state index is 0.414. The van der Waals surface area contributed by atoms with Gasteiger partial charge in [-0.3, -0.25) is 4.84 Å². The fraction of sp³-hybridized carbons (Fsp3) is 0.273. The van der Waals surface area contributed by atoms with Gasteiger partial charge in [-0.2, -0.15) is 0 Å². The van der Waals surface area contributed by atoms with Crippen LogP contribution >= 0.6 is 0 Å². The summed E-state index contributed by atoms with van der Waals surface area (Å²) in [7, 11) is 0. The van der Waals surface area contributed by atoms with E-state index in [0.717, 1.165) is 27.9 Å². The van der Waals surface area contributed by atoms with E-state index in [9.17, 15) is 0 Å². The van der Waals surface area contributed by atoms with E-state index in [1.165, 1.54) is 0 Å². The highest BCUT2D eigenvalue weighted by atomic mass is 16.6. The van der Waals surface area contributed by atoms with Crippen molar-refractivity contribution in [1.29, 1.82) is 0 Å². The molecule has 0 radical (unpaired) electrons. The van der Waals surface area contributed by atoms with Crippen LogP contribution in [0.3, 0.4) is 0 Å². The number of furan rings is 1. The normalized spacial score (nSPS) is 11.1.